The van der Waals surface area contributed by atoms with Gasteiger partial charge in [0.05, 0.1) is 13.2 Å². The second kappa shape index (κ2) is 10.9. The molecule has 0 fully saturated rings. The zero-order valence-electron chi connectivity index (χ0n) is 16.2. The summed E-state index contributed by atoms with van der Waals surface area (Å²) < 4.78 is 10.2. The van der Waals surface area contributed by atoms with E-state index >= 15 is 0 Å². The van der Waals surface area contributed by atoms with Crippen LogP contribution in [0.3, 0.4) is 0 Å². The normalized spacial score (nSPS) is 10.4. The number of unbranched alkanes of at least 4 members (excludes halogenated alkanes) is 2. The smallest absolute Gasteiger partial charge is 0.422 e. The lowest BCUT2D eigenvalue weighted by atomic mass is 10.2. The van der Waals surface area contributed by atoms with Gasteiger partial charge in [0, 0.05) is 11.6 Å². The van der Waals surface area contributed by atoms with Crippen molar-refractivity contribution in [1.82, 2.24) is 10.3 Å². The molecule has 1 heterocycles. The fourth-order valence-electron chi connectivity index (χ4n) is 2.36. The van der Waals surface area contributed by atoms with Gasteiger partial charge in [0.2, 0.25) is 5.96 Å². The van der Waals surface area contributed by atoms with Crippen molar-refractivity contribution < 1.29 is 19.1 Å². The first kappa shape index (κ1) is 21.1. The van der Waals surface area contributed by atoms with Crippen molar-refractivity contribution in [2.75, 3.05) is 18.1 Å². The maximum atomic E-state index is 12.6. The number of alkyl carbamates (subject to hydrolysis) is 1. The summed E-state index contributed by atoms with van der Waals surface area (Å²) in [6.45, 7) is 4.41. The molecule has 0 saturated carbocycles. The molecule has 8 nitrogen and oxygen atoms in total. The van der Waals surface area contributed by atoms with E-state index in [0.717, 1.165) is 34.9 Å². The van der Waals surface area contributed by atoms with Crippen molar-refractivity contribution in [3.05, 3.63) is 36.5 Å². The predicted octanol–water partition coefficient (Wildman–Crippen LogP) is 4.44. The number of pyridine rings is 1. The maximum Gasteiger partial charge on any atom is 0.422 e. The summed E-state index contributed by atoms with van der Waals surface area (Å²) in [5.74, 6) is -0.301. The van der Waals surface area contributed by atoms with Gasteiger partial charge < -0.3 is 9.47 Å². The van der Waals surface area contributed by atoms with Gasteiger partial charge >= 0.3 is 12.2 Å². The maximum absolute atomic E-state index is 12.6. The van der Waals surface area contributed by atoms with Crippen molar-refractivity contribution in [3.63, 3.8) is 0 Å². The highest BCUT2D eigenvalue weighted by atomic mass is 16.6. The number of carbonyl (C=O) groups excluding carboxylic acids is 2. The number of rotatable bonds is 7. The fourth-order valence-corrected chi connectivity index (χ4v) is 2.36. The second-order valence-corrected chi connectivity index (χ2v) is 6.16. The molecule has 1 aromatic heterocycles. The van der Waals surface area contributed by atoms with E-state index in [1.165, 1.54) is 0 Å². The average molecular weight is 386 g/mol. The first-order chi connectivity index (χ1) is 13.6. The van der Waals surface area contributed by atoms with Gasteiger partial charge in [-0.2, -0.15) is 4.90 Å². The van der Waals surface area contributed by atoms with E-state index in [1.54, 1.807) is 12.3 Å². The molecule has 1 aromatic carbocycles. The number of carbonyl (C=O) groups is 2. The largest absolute Gasteiger partial charge is 0.449 e. The quantitative estimate of drug-likeness (QED) is 0.416. The van der Waals surface area contributed by atoms with Gasteiger partial charge in [-0.25, -0.2) is 14.6 Å². The Morgan fingerprint density at radius 3 is 2.39 bits per heavy atom. The zero-order valence-corrected chi connectivity index (χ0v) is 16.2. The summed E-state index contributed by atoms with van der Waals surface area (Å²) in [4.78, 5) is 29.6. The lowest BCUT2D eigenvalue weighted by molar-refractivity contribution is 0.149. The van der Waals surface area contributed by atoms with Crippen LogP contribution < -0.4 is 10.2 Å². The highest BCUT2D eigenvalue weighted by Crippen LogP contribution is 2.20. The summed E-state index contributed by atoms with van der Waals surface area (Å²) in [5.41, 5.74) is 0. The molecule has 2 aromatic rings. The number of hydrogen-bond acceptors (Lipinski definition) is 6. The molecule has 0 aliphatic carbocycles. The van der Waals surface area contributed by atoms with Crippen molar-refractivity contribution >= 4 is 34.7 Å². The molecule has 2 amide bonds. The lowest BCUT2D eigenvalue weighted by Crippen LogP contribution is -2.47. The van der Waals surface area contributed by atoms with Gasteiger partial charge in [-0.1, -0.05) is 51.0 Å². The Morgan fingerprint density at radius 1 is 1.07 bits per heavy atom. The van der Waals surface area contributed by atoms with E-state index in [0.29, 0.717) is 6.42 Å². The number of benzene rings is 1. The molecule has 2 N–H and O–H groups in total. The molecule has 0 bridgehead atoms. The molecule has 0 saturated heterocycles. The van der Waals surface area contributed by atoms with Crippen LogP contribution in [0.4, 0.5) is 15.4 Å². The molecule has 0 spiro atoms. The average Bonchev–Trinajstić information content (AvgIpc) is 2.68. The molecule has 0 aliphatic heterocycles. The van der Waals surface area contributed by atoms with Crippen LogP contribution in [0.25, 0.3) is 10.8 Å². The predicted molar refractivity (Wildman–Crippen MR) is 108 cm³/mol. The van der Waals surface area contributed by atoms with Crippen LogP contribution in [-0.2, 0) is 9.47 Å². The van der Waals surface area contributed by atoms with Gasteiger partial charge in [-0.15, -0.1) is 0 Å². The molecule has 0 unspecified atom stereocenters. The lowest BCUT2D eigenvalue weighted by Gasteiger charge is -2.22. The standard InChI is InChI=1S/C20H26N4O4/c1-3-5-11-27-19(25)23-18(21)24(20(26)28-12-6-4-2)17-13-15-9-7-8-10-16(15)14-22-17/h7-10,13-14H,3-6,11-12H2,1-2H3,(H2,21,23,25). The van der Waals surface area contributed by atoms with E-state index in [2.05, 4.69) is 10.3 Å². The Labute approximate surface area is 164 Å². The molecule has 0 radical (unpaired) electrons. The molecule has 0 aliphatic rings. The summed E-state index contributed by atoms with van der Waals surface area (Å²) >= 11 is 0. The Hall–Kier alpha value is -3.16. The number of guanidine groups is 1. The van der Waals surface area contributed by atoms with Crippen LogP contribution in [-0.4, -0.2) is 36.3 Å². The second-order valence-electron chi connectivity index (χ2n) is 6.16. The molecule has 0 atom stereocenters. The number of nitrogens with zero attached hydrogens (tertiary/aromatic N) is 2. The fraction of sp³-hybridized carbons (Fsp3) is 0.400. The van der Waals surface area contributed by atoms with E-state index in [9.17, 15) is 9.59 Å². The number of nitrogens with one attached hydrogen (secondary N) is 2. The number of aromatic nitrogens is 1. The molecular formula is C20H26N4O4. The zero-order chi connectivity index (χ0) is 20.4. The monoisotopic (exact) mass is 386 g/mol. The minimum Gasteiger partial charge on any atom is -0.449 e. The van der Waals surface area contributed by atoms with E-state index in [4.69, 9.17) is 14.9 Å². The molecule has 28 heavy (non-hydrogen) atoms. The number of anilines is 1. The number of ether oxygens (including phenoxy) is 2. The van der Waals surface area contributed by atoms with Crippen LogP contribution in [0.1, 0.15) is 39.5 Å². The summed E-state index contributed by atoms with van der Waals surface area (Å²) in [5, 5.41) is 12.2. The Kier molecular flexibility index (Phi) is 8.20. The SMILES string of the molecule is CCCCOC(=O)NC(=N)N(C(=O)OCCCC)c1cc2ccccc2cn1. The summed E-state index contributed by atoms with van der Waals surface area (Å²) in [6, 6.07) is 9.18. The first-order valence-electron chi connectivity index (χ1n) is 9.40. The Bertz CT molecular complexity index is 825. The third-order valence-corrected chi connectivity index (χ3v) is 3.93. The van der Waals surface area contributed by atoms with Gasteiger partial charge in [0.15, 0.2) is 0 Å². The molecule has 8 heteroatoms. The van der Waals surface area contributed by atoms with Crippen molar-refractivity contribution in [2.45, 2.75) is 39.5 Å². The van der Waals surface area contributed by atoms with Crippen LogP contribution in [0.2, 0.25) is 0 Å². The topological polar surface area (TPSA) is 105 Å². The van der Waals surface area contributed by atoms with Gasteiger partial charge in [-0.3, -0.25) is 10.7 Å². The minimum atomic E-state index is -0.800. The molecule has 2 rings (SSSR count). The minimum absolute atomic E-state index is 0.180. The first-order valence-corrected chi connectivity index (χ1v) is 9.40. The van der Waals surface area contributed by atoms with Gasteiger partial charge in [-0.05, 0) is 24.3 Å². The van der Waals surface area contributed by atoms with Crippen molar-refractivity contribution in [3.8, 4) is 0 Å². The van der Waals surface area contributed by atoms with Crippen LogP contribution in [0.5, 0.6) is 0 Å². The highest BCUT2D eigenvalue weighted by molar-refractivity contribution is 6.15. The van der Waals surface area contributed by atoms with Crippen LogP contribution in [0, 0.1) is 5.41 Å². The van der Waals surface area contributed by atoms with E-state index < -0.39 is 18.1 Å². The third kappa shape index (κ3) is 5.94. The summed E-state index contributed by atoms with van der Waals surface area (Å²) in [7, 11) is 0. The number of hydrogen-bond donors (Lipinski definition) is 2. The van der Waals surface area contributed by atoms with Crippen molar-refractivity contribution in [1.29, 1.82) is 5.41 Å². The van der Waals surface area contributed by atoms with Crippen LogP contribution in [0.15, 0.2) is 36.5 Å². The number of fused-ring (bicyclic) bond motifs is 1. The van der Waals surface area contributed by atoms with E-state index in [1.807, 2.05) is 38.1 Å². The molecular weight excluding hydrogens is 360 g/mol. The van der Waals surface area contributed by atoms with E-state index in [-0.39, 0.29) is 19.0 Å². The number of amides is 2. The summed E-state index contributed by atoms with van der Waals surface area (Å²) in [6.07, 6.45) is 3.17. The van der Waals surface area contributed by atoms with Crippen molar-refractivity contribution in [2.24, 2.45) is 0 Å². The highest BCUT2D eigenvalue weighted by Gasteiger charge is 2.25. The Morgan fingerprint density at radius 2 is 1.71 bits per heavy atom. The third-order valence-electron chi connectivity index (χ3n) is 3.93. The van der Waals surface area contributed by atoms with Crippen LogP contribution >= 0.6 is 0 Å². The Balaban J connectivity index is 2.21. The molecule has 150 valence electrons. The van der Waals surface area contributed by atoms with Gasteiger partial charge in [0.25, 0.3) is 0 Å². The van der Waals surface area contributed by atoms with Gasteiger partial charge in [0.1, 0.15) is 5.82 Å².